The summed E-state index contributed by atoms with van der Waals surface area (Å²) in [5.74, 6) is -6.97. The number of aromatic hydroxyl groups is 9. The molecule has 53 heavy (non-hydrogen) atoms. The van der Waals surface area contributed by atoms with Crippen molar-refractivity contribution in [1.29, 1.82) is 0 Å². The van der Waals surface area contributed by atoms with Gasteiger partial charge >= 0.3 is 5.97 Å². The van der Waals surface area contributed by atoms with Gasteiger partial charge in [0.25, 0.3) is 0 Å². The summed E-state index contributed by atoms with van der Waals surface area (Å²) in [4.78, 5) is 27.2. The second-order valence-electron chi connectivity index (χ2n) is 12.6. The minimum atomic E-state index is -1.45. The number of phenols is 8. The van der Waals surface area contributed by atoms with E-state index in [9.17, 15) is 60.7 Å². The molecule has 0 aromatic heterocycles. The second kappa shape index (κ2) is 12.7. The Bertz CT molecular complexity index is 2410. The van der Waals surface area contributed by atoms with E-state index in [4.69, 9.17) is 18.9 Å². The number of phenolic OH excluding ortho intramolecular Hbond substituents is 8. The van der Waals surface area contributed by atoms with Crippen LogP contribution in [-0.2, 0) is 17.6 Å². The largest absolute Gasteiger partial charge is 0.508 e. The van der Waals surface area contributed by atoms with Crippen molar-refractivity contribution in [3.63, 3.8) is 0 Å². The van der Waals surface area contributed by atoms with Crippen molar-refractivity contribution in [3.05, 3.63) is 92.6 Å². The number of hydrogen-bond acceptors (Lipinski definition) is 16. The number of rotatable bonds is 5. The Labute approximate surface area is 297 Å². The van der Waals surface area contributed by atoms with E-state index in [0.29, 0.717) is 0 Å². The Balaban J connectivity index is 1.41. The normalized spacial score (nSPS) is 19.0. The highest BCUT2D eigenvalue weighted by Gasteiger charge is 2.39. The van der Waals surface area contributed by atoms with Crippen LogP contribution < -0.4 is 19.6 Å². The molecule has 2 aliphatic rings. The Morgan fingerprint density at radius 3 is 1.92 bits per heavy atom. The van der Waals surface area contributed by atoms with Gasteiger partial charge in [0.05, 0.1) is 24.2 Å². The summed E-state index contributed by atoms with van der Waals surface area (Å²) >= 11 is 0. The summed E-state index contributed by atoms with van der Waals surface area (Å²) in [5.41, 5.74) is -1.34. The van der Waals surface area contributed by atoms with Gasteiger partial charge in [-0.2, -0.15) is 0 Å². The van der Waals surface area contributed by atoms with E-state index in [1.807, 2.05) is 0 Å². The fraction of sp³-hybridized carbons (Fsp3) is 0.189. The third-order valence-corrected chi connectivity index (χ3v) is 9.18. The first-order valence-corrected chi connectivity index (χ1v) is 15.8. The van der Waals surface area contributed by atoms with E-state index in [1.165, 1.54) is 25.3 Å². The molecule has 16 heteroatoms. The van der Waals surface area contributed by atoms with Gasteiger partial charge in [0, 0.05) is 59.4 Å². The van der Waals surface area contributed by atoms with Gasteiger partial charge in [0.15, 0.2) is 41.0 Å². The SMILES string of the molecule is COc1cc(C(=O)O[C@@H]2Cc3c(O)cc(O)cc3O[C@@H]2c2cc(O)c(=O)c3c(O)c(O)cc([C@H]4Oc5cc(O)cc(O)c5C[C@H]4O)c3c2)cc(O)c1O. The summed E-state index contributed by atoms with van der Waals surface area (Å²) < 4.78 is 23.0. The average molecular weight is 731 g/mol. The maximum absolute atomic E-state index is 13.7. The van der Waals surface area contributed by atoms with Crippen molar-refractivity contribution in [1.82, 2.24) is 0 Å². The van der Waals surface area contributed by atoms with Crippen molar-refractivity contribution in [2.24, 2.45) is 0 Å². The molecule has 7 rings (SSSR count). The molecule has 5 aromatic rings. The molecule has 0 fully saturated rings. The highest BCUT2D eigenvalue weighted by molar-refractivity contribution is 5.94. The van der Waals surface area contributed by atoms with Crippen LogP contribution in [0.4, 0.5) is 0 Å². The smallest absolute Gasteiger partial charge is 0.338 e. The van der Waals surface area contributed by atoms with Gasteiger partial charge in [-0.3, -0.25) is 4.79 Å². The van der Waals surface area contributed by atoms with Crippen LogP contribution in [-0.4, -0.2) is 76.4 Å². The molecule has 0 saturated carbocycles. The lowest BCUT2D eigenvalue weighted by Gasteiger charge is -2.34. The summed E-state index contributed by atoms with van der Waals surface area (Å²) in [6, 6.07) is 9.70. The zero-order chi connectivity index (χ0) is 38.0. The fourth-order valence-electron chi connectivity index (χ4n) is 6.67. The van der Waals surface area contributed by atoms with Gasteiger partial charge in [-0.15, -0.1) is 0 Å². The van der Waals surface area contributed by atoms with Crippen molar-refractivity contribution in [2.75, 3.05) is 7.11 Å². The topological polar surface area (TPSA) is 273 Å². The number of ether oxygens (including phenoxy) is 4. The molecule has 0 unspecified atom stereocenters. The third kappa shape index (κ3) is 5.89. The van der Waals surface area contributed by atoms with Crippen LogP contribution in [0.1, 0.15) is 44.8 Å². The lowest BCUT2D eigenvalue weighted by atomic mass is 9.90. The first-order chi connectivity index (χ1) is 25.1. The van der Waals surface area contributed by atoms with Gasteiger partial charge in [-0.05, 0) is 35.7 Å². The predicted molar refractivity (Wildman–Crippen MR) is 180 cm³/mol. The molecule has 4 atom stereocenters. The van der Waals surface area contributed by atoms with E-state index in [1.54, 1.807) is 0 Å². The predicted octanol–water partition coefficient (Wildman–Crippen LogP) is 3.50. The first-order valence-electron chi connectivity index (χ1n) is 15.8. The number of methoxy groups -OCH3 is 1. The summed E-state index contributed by atoms with van der Waals surface area (Å²) in [6.45, 7) is 0. The van der Waals surface area contributed by atoms with Gasteiger partial charge < -0.3 is 70.0 Å². The van der Waals surface area contributed by atoms with Crippen molar-refractivity contribution < 1.29 is 74.8 Å². The number of fused-ring (bicyclic) bond motifs is 3. The lowest BCUT2D eigenvalue weighted by Crippen LogP contribution is -2.34. The highest BCUT2D eigenvalue weighted by Crippen LogP contribution is 2.48. The molecule has 0 radical (unpaired) electrons. The van der Waals surface area contributed by atoms with Crippen LogP contribution >= 0.6 is 0 Å². The quantitative estimate of drug-likeness (QED) is 0.0915. The number of esters is 1. The van der Waals surface area contributed by atoms with Crippen molar-refractivity contribution >= 4 is 16.7 Å². The van der Waals surface area contributed by atoms with Crippen LogP contribution in [0, 0.1) is 0 Å². The van der Waals surface area contributed by atoms with Crippen LogP contribution in [0.3, 0.4) is 0 Å². The molecule has 0 amide bonds. The molecule has 274 valence electrons. The standard InChI is InChI=1S/C37H30O16/c1-50-29-5-14(4-23(42)32(29)46)37(49)53-30-12-20-22(41)7-16(39)9-28(20)51-35(30)13-2-17-18(10-25(44)34(48)31(17)33(47)24(43)3-13)36-26(45)11-19-21(40)6-15(38)8-27(19)52-36/h2-10,26,30,35-36,38-42,44-46,48H,11-12H2,1H3,(H,43,47)/t26-,30-,35-,36-/m1/s1. The zero-order valence-electron chi connectivity index (χ0n) is 27.3. The molecule has 0 spiro atoms. The maximum atomic E-state index is 13.7. The number of aliphatic hydroxyl groups is 1. The Kier molecular flexibility index (Phi) is 8.26. The minimum absolute atomic E-state index is 0.0278. The van der Waals surface area contributed by atoms with Crippen LogP contribution in [0.5, 0.6) is 69.0 Å². The Morgan fingerprint density at radius 2 is 1.28 bits per heavy atom. The minimum Gasteiger partial charge on any atom is -0.508 e. The van der Waals surface area contributed by atoms with E-state index in [-0.39, 0.29) is 80.5 Å². The summed E-state index contributed by atoms with van der Waals surface area (Å²) in [5, 5.41) is 105. The number of carbonyl (C=O) groups excluding carboxylic acids is 1. The first kappa shape index (κ1) is 34.5. The number of hydrogen-bond donors (Lipinski definition) is 10. The molecular weight excluding hydrogens is 700 g/mol. The Morgan fingerprint density at radius 1 is 0.679 bits per heavy atom. The zero-order valence-corrected chi connectivity index (χ0v) is 27.3. The molecule has 0 bridgehead atoms. The van der Waals surface area contributed by atoms with Gasteiger partial charge in [-0.25, -0.2) is 4.79 Å². The molecule has 0 aliphatic carbocycles. The molecule has 16 nitrogen and oxygen atoms in total. The third-order valence-electron chi connectivity index (χ3n) is 9.18. The summed E-state index contributed by atoms with van der Waals surface area (Å²) in [7, 11) is 1.19. The lowest BCUT2D eigenvalue weighted by molar-refractivity contribution is -0.0188. The van der Waals surface area contributed by atoms with E-state index >= 15 is 0 Å². The van der Waals surface area contributed by atoms with Crippen LogP contribution in [0.15, 0.2) is 59.4 Å². The molecule has 2 heterocycles. The van der Waals surface area contributed by atoms with Gasteiger partial charge in [0.2, 0.25) is 11.2 Å². The molecule has 2 aliphatic heterocycles. The molecule has 5 aromatic carbocycles. The van der Waals surface area contributed by atoms with Crippen molar-refractivity contribution in [2.45, 2.75) is 37.3 Å². The van der Waals surface area contributed by atoms with Crippen LogP contribution in [0.2, 0.25) is 0 Å². The maximum Gasteiger partial charge on any atom is 0.338 e. The molecular formula is C37H30O16. The van der Waals surface area contributed by atoms with E-state index in [0.717, 1.165) is 36.4 Å². The second-order valence-corrected chi connectivity index (χ2v) is 12.6. The van der Waals surface area contributed by atoms with Gasteiger partial charge in [0.1, 0.15) is 40.6 Å². The van der Waals surface area contributed by atoms with Crippen molar-refractivity contribution in [3.8, 4) is 69.0 Å². The number of benzene rings is 4. The number of carbonyl (C=O) groups is 1. The van der Waals surface area contributed by atoms with E-state index in [2.05, 4.69) is 0 Å². The summed E-state index contributed by atoms with van der Waals surface area (Å²) in [6.07, 6.45) is -6.14. The monoisotopic (exact) mass is 730 g/mol. The molecule has 0 saturated heterocycles. The van der Waals surface area contributed by atoms with E-state index < -0.39 is 75.7 Å². The highest BCUT2D eigenvalue weighted by atomic mass is 16.6. The molecule has 10 N–H and O–H groups in total. The van der Waals surface area contributed by atoms with Gasteiger partial charge in [-0.1, -0.05) is 0 Å². The average Bonchev–Trinajstić information content (AvgIpc) is 3.23. The fourth-order valence-corrected chi connectivity index (χ4v) is 6.67. The number of aliphatic hydroxyl groups excluding tert-OH is 1. The Hall–Kier alpha value is -6.94. The van der Waals surface area contributed by atoms with Crippen LogP contribution in [0.25, 0.3) is 10.8 Å².